The Balaban J connectivity index is 2.48. The van der Waals surface area contributed by atoms with Crippen LogP contribution in [-0.2, 0) is 0 Å². The Morgan fingerprint density at radius 2 is 2.13 bits per heavy atom. The molecule has 0 aliphatic carbocycles. The van der Waals surface area contributed by atoms with E-state index in [4.69, 9.17) is 5.73 Å². The fourth-order valence-corrected chi connectivity index (χ4v) is 0.996. The molecule has 15 heavy (non-hydrogen) atoms. The number of aromatic nitrogens is 1. The molecule has 3 N–H and O–H groups in total. The van der Waals surface area contributed by atoms with Crippen molar-refractivity contribution in [3.8, 4) is 0 Å². The molecule has 1 rings (SSSR count). The van der Waals surface area contributed by atoms with Crippen LogP contribution in [0, 0.1) is 6.92 Å². The maximum atomic E-state index is 11.8. The third-order valence-corrected chi connectivity index (χ3v) is 1.87. The van der Waals surface area contributed by atoms with E-state index in [1.54, 1.807) is 13.0 Å². The van der Waals surface area contributed by atoms with Gasteiger partial charge in [0.1, 0.15) is 5.82 Å². The zero-order valence-electron chi connectivity index (χ0n) is 8.23. The van der Waals surface area contributed by atoms with Crippen molar-refractivity contribution >= 4 is 11.5 Å². The summed E-state index contributed by atoms with van der Waals surface area (Å²) in [7, 11) is 0. The summed E-state index contributed by atoms with van der Waals surface area (Å²) in [6.07, 6.45) is -3.60. The van der Waals surface area contributed by atoms with Gasteiger partial charge in [0, 0.05) is 6.54 Å². The van der Waals surface area contributed by atoms with Gasteiger partial charge in [0.05, 0.1) is 18.3 Å². The van der Waals surface area contributed by atoms with Crippen molar-refractivity contribution < 1.29 is 13.2 Å². The van der Waals surface area contributed by atoms with Gasteiger partial charge in [0.15, 0.2) is 0 Å². The molecule has 0 aromatic carbocycles. The van der Waals surface area contributed by atoms with Gasteiger partial charge in [-0.2, -0.15) is 13.2 Å². The number of nitrogens with two attached hydrogens (primary N) is 1. The van der Waals surface area contributed by atoms with E-state index in [0.29, 0.717) is 11.5 Å². The second-order valence-corrected chi connectivity index (χ2v) is 3.22. The Kier molecular flexibility index (Phi) is 3.39. The van der Waals surface area contributed by atoms with Crippen molar-refractivity contribution in [2.75, 3.05) is 17.6 Å². The van der Waals surface area contributed by atoms with Crippen molar-refractivity contribution in [1.29, 1.82) is 0 Å². The van der Waals surface area contributed by atoms with Crippen LogP contribution in [0.15, 0.2) is 12.3 Å². The van der Waals surface area contributed by atoms with Crippen LogP contribution in [0.25, 0.3) is 0 Å². The Morgan fingerprint density at radius 3 is 2.67 bits per heavy atom. The molecular weight excluding hydrogens is 207 g/mol. The maximum absolute atomic E-state index is 11.8. The quantitative estimate of drug-likeness (QED) is 0.820. The molecule has 0 bridgehead atoms. The molecule has 0 saturated carbocycles. The Labute approximate surface area is 85.5 Å². The zero-order valence-corrected chi connectivity index (χ0v) is 8.23. The third-order valence-electron chi connectivity index (χ3n) is 1.87. The van der Waals surface area contributed by atoms with Gasteiger partial charge in [-0.05, 0) is 18.6 Å². The van der Waals surface area contributed by atoms with Gasteiger partial charge in [0.2, 0.25) is 0 Å². The molecule has 0 aliphatic rings. The average Bonchev–Trinajstić information content (AvgIpc) is 2.09. The van der Waals surface area contributed by atoms with Crippen LogP contribution in [0.1, 0.15) is 12.0 Å². The topological polar surface area (TPSA) is 50.9 Å². The molecule has 1 aromatic heterocycles. The summed E-state index contributed by atoms with van der Waals surface area (Å²) in [6, 6.07) is 1.62. The highest BCUT2D eigenvalue weighted by Crippen LogP contribution is 2.19. The van der Waals surface area contributed by atoms with E-state index in [1.807, 2.05) is 0 Å². The number of rotatable bonds is 3. The molecule has 0 amide bonds. The highest BCUT2D eigenvalue weighted by atomic mass is 19.4. The molecule has 0 aliphatic heterocycles. The summed E-state index contributed by atoms with van der Waals surface area (Å²) in [5.74, 6) is 0.408. The highest BCUT2D eigenvalue weighted by molar-refractivity contribution is 5.50. The van der Waals surface area contributed by atoms with Crippen LogP contribution in [-0.4, -0.2) is 17.7 Å². The van der Waals surface area contributed by atoms with E-state index in [-0.39, 0.29) is 6.54 Å². The standard InChI is InChI=1S/C9H12F3N3/c1-6-4-8(15-5-7(6)13)14-3-2-9(10,11)12/h4-5H,2-3,13H2,1H3,(H,14,15). The molecule has 0 spiro atoms. The van der Waals surface area contributed by atoms with Crippen LogP contribution < -0.4 is 11.1 Å². The van der Waals surface area contributed by atoms with E-state index < -0.39 is 12.6 Å². The monoisotopic (exact) mass is 219 g/mol. The number of pyridine rings is 1. The van der Waals surface area contributed by atoms with Gasteiger partial charge >= 0.3 is 6.18 Å². The molecule has 0 unspecified atom stereocenters. The number of alkyl halides is 3. The summed E-state index contributed by atoms with van der Waals surface area (Å²) in [5, 5.41) is 2.58. The number of halogens is 3. The van der Waals surface area contributed by atoms with E-state index in [9.17, 15) is 13.2 Å². The second kappa shape index (κ2) is 4.37. The largest absolute Gasteiger partial charge is 0.397 e. The van der Waals surface area contributed by atoms with Gasteiger partial charge in [0.25, 0.3) is 0 Å². The minimum absolute atomic E-state index is 0.181. The first-order chi connectivity index (χ1) is 6.88. The van der Waals surface area contributed by atoms with Crippen LogP contribution in [0.5, 0.6) is 0 Å². The average molecular weight is 219 g/mol. The molecule has 0 radical (unpaired) electrons. The number of hydrogen-bond donors (Lipinski definition) is 2. The number of nitrogens with one attached hydrogen (secondary N) is 1. The first-order valence-electron chi connectivity index (χ1n) is 4.41. The second-order valence-electron chi connectivity index (χ2n) is 3.22. The number of hydrogen-bond acceptors (Lipinski definition) is 3. The smallest absolute Gasteiger partial charge is 0.390 e. The molecule has 0 atom stereocenters. The lowest BCUT2D eigenvalue weighted by atomic mass is 10.2. The van der Waals surface area contributed by atoms with Crippen LogP contribution in [0.3, 0.4) is 0 Å². The van der Waals surface area contributed by atoms with Gasteiger partial charge in [-0.3, -0.25) is 0 Å². The molecule has 84 valence electrons. The molecule has 1 heterocycles. The summed E-state index contributed by atoms with van der Waals surface area (Å²) >= 11 is 0. The minimum Gasteiger partial charge on any atom is -0.397 e. The van der Waals surface area contributed by atoms with Gasteiger partial charge in [-0.25, -0.2) is 4.98 Å². The molecule has 3 nitrogen and oxygen atoms in total. The summed E-state index contributed by atoms with van der Waals surface area (Å²) in [6.45, 7) is 1.59. The summed E-state index contributed by atoms with van der Waals surface area (Å²) < 4.78 is 35.5. The first-order valence-corrected chi connectivity index (χ1v) is 4.41. The van der Waals surface area contributed by atoms with Crippen molar-refractivity contribution in [1.82, 2.24) is 4.98 Å². The van der Waals surface area contributed by atoms with Crippen molar-refractivity contribution in [3.63, 3.8) is 0 Å². The predicted molar refractivity (Wildman–Crippen MR) is 52.5 cm³/mol. The SMILES string of the molecule is Cc1cc(NCCC(F)(F)F)ncc1N. The molecule has 1 aromatic rings. The molecule has 0 saturated heterocycles. The molecule has 6 heteroatoms. The lowest BCUT2D eigenvalue weighted by molar-refractivity contribution is -0.131. The van der Waals surface area contributed by atoms with E-state index >= 15 is 0 Å². The number of nitrogens with zero attached hydrogens (tertiary/aromatic N) is 1. The van der Waals surface area contributed by atoms with Gasteiger partial charge in [-0.15, -0.1) is 0 Å². The highest BCUT2D eigenvalue weighted by Gasteiger charge is 2.26. The minimum atomic E-state index is -4.14. The summed E-state index contributed by atoms with van der Waals surface area (Å²) in [5.41, 5.74) is 6.83. The van der Waals surface area contributed by atoms with E-state index in [1.165, 1.54) is 6.20 Å². The van der Waals surface area contributed by atoms with Crippen LogP contribution in [0.4, 0.5) is 24.7 Å². The van der Waals surface area contributed by atoms with E-state index in [2.05, 4.69) is 10.3 Å². The third kappa shape index (κ3) is 4.05. The first kappa shape index (κ1) is 11.6. The molecule has 0 fully saturated rings. The summed E-state index contributed by atoms with van der Waals surface area (Å²) in [4.78, 5) is 3.86. The van der Waals surface area contributed by atoms with Crippen LogP contribution in [0.2, 0.25) is 0 Å². The Bertz CT molecular complexity index is 336. The number of anilines is 2. The fourth-order valence-electron chi connectivity index (χ4n) is 0.996. The number of aryl methyl sites for hydroxylation is 1. The van der Waals surface area contributed by atoms with Crippen molar-refractivity contribution in [3.05, 3.63) is 17.8 Å². The van der Waals surface area contributed by atoms with Gasteiger partial charge < -0.3 is 11.1 Å². The van der Waals surface area contributed by atoms with Crippen LogP contribution >= 0.6 is 0 Å². The Hall–Kier alpha value is -1.46. The lowest BCUT2D eigenvalue weighted by Gasteiger charge is -2.09. The van der Waals surface area contributed by atoms with E-state index in [0.717, 1.165) is 5.56 Å². The van der Waals surface area contributed by atoms with Crippen molar-refractivity contribution in [2.24, 2.45) is 0 Å². The number of nitrogen functional groups attached to an aromatic ring is 1. The van der Waals surface area contributed by atoms with Gasteiger partial charge in [-0.1, -0.05) is 0 Å². The Morgan fingerprint density at radius 1 is 1.47 bits per heavy atom. The molecular formula is C9H12F3N3. The zero-order chi connectivity index (χ0) is 11.5. The maximum Gasteiger partial charge on any atom is 0.390 e. The predicted octanol–water partition coefficient (Wildman–Crippen LogP) is 2.34. The lowest BCUT2D eigenvalue weighted by Crippen LogP contribution is -2.15. The normalized spacial score (nSPS) is 11.5. The van der Waals surface area contributed by atoms with Crippen molar-refractivity contribution in [2.45, 2.75) is 19.5 Å². The fraction of sp³-hybridized carbons (Fsp3) is 0.444.